The molecule has 1 saturated heterocycles. The number of urea groups is 1. The van der Waals surface area contributed by atoms with E-state index in [1.165, 1.54) is 31.7 Å². The van der Waals surface area contributed by atoms with Crippen molar-refractivity contribution in [3.05, 3.63) is 35.6 Å². The largest absolute Gasteiger partial charge is 0.338 e. The zero-order chi connectivity index (χ0) is 16.1. The van der Waals surface area contributed by atoms with Gasteiger partial charge in [-0.1, -0.05) is 31.0 Å². The van der Waals surface area contributed by atoms with Crippen molar-refractivity contribution in [3.63, 3.8) is 0 Å². The number of hydrogen-bond donors (Lipinski definition) is 1. The Morgan fingerprint density at radius 2 is 1.83 bits per heavy atom. The summed E-state index contributed by atoms with van der Waals surface area (Å²) in [5.74, 6) is -0.202. The summed E-state index contributed by atoms with van der Waals surface area (Å²) in [6.45, 7) is 4.02. The van der Waals surface area contributed by atoms with Gasteiger partial charge in [0.1, 0.15) is 5.82 Å². The Labute approximate surface area is 137 Å². The second-order valence-electron chi connectivity index (χ2n) is 6.53. The van der Waals surface area contributed by atoms with Gasteiger partial charge in [-0.15, -0.1) is 0 Å². The topological polar surface area (TPSA) is 35.6 Å². The summed E-state index contributed by atoms with van der Waals surface area (Å²) < 4.78 is 13.5. The third kappa shape index (κ3) is 4.22. The van der Waals surface area contributed by atoms with Gasteiger partial charge in [-0.25, -0.2) is 9.18 Å². The Bertz CT molecular complexity index is 523. The van der Waals surface area contributed by atoms with Gasteiger partial charge in [-0.2, -0.15) is 0 Å². The molecule has 1 aromatic rings. The Hall–Kier alpha value is -1.62. The third-order valence-electron chi connectivity index (χ3n) is 5.07. The van der Waals surface area contributed by atoms with Crippen LogP contribution in [0.4, 0.5) is 9.18 Å². The Balaban J connectivity index is 1.38. The van der Waals surface area contributed by atoms with Crippen LogP contribution >= 0.6 is 0 Å². The molecule has 2 fully saturated rings. The van der Waals surface area contributed by atoms with Crippen molar-refractivity contribution < 1.29 is 9.18 Å². The summed E-state index contributed by atoms with van der Waals surface area (Å²) in [4.78, 5) is 16.6. The van der Waals surface area contributed by atoms with E-state index in [9.17, 15) is 9.18 Å². The molecule has 1 N–H and O–H groups in total. The van der Waals surface area contributed by atoms with E-state index in [0.29, 0.717) is 18.5 Å². The fraction of sp³-hybridized carbons (Fsp3) is 0.611. The molecular weight excluding hydrogens is 293 g/mol. The molecule has 1 saturated carbocycles. The third-order valence-corrected chi connectivity index (χ3v) is 5.07. The maximum absolute atomic E-state index is 13.5. The number of nitrogens with one attached hydrogen (secondary N) is 1. The van der Waals surface area contributed by atoms with E-state index in [1.54, 1.807) is 12.1 Å². The van der Waals surface area contributed by atoms with Crippen LogP contribution in [-0.4, -0.2) is 54.6 Å². The molecule has 1 heterocycles. The second-order valence-corrected chi connectivity index (χ2v) is 6.53. The lowest BCUT2D eigenvalue weighted by Crippen LogP contribution is -2.53. The van der Waals surface area contributed by atoms with Crippen molar-refractivity contribution in [2.75, 3.05) is 32.7 Å². The standard InChI is InChI=1S/C18H26FN3O/c19-17-8-4-1-5-15(17)9-10-20-18(23)22-13-11-21(12-14-22)16-6-2-3-7-16/h1,4-5,8,16H,2-3,6-7,9-14H2,(H,20,23). The summed E-state index contributed by atoms with van der Waals surface area (Å²) in [6.07, 6.45) is 5.85. The number of carbonyl (C=O) groups is 1. The van der Waals surface area contributed by atoms with Crippen molar-refractivity contribution in [2.45, 2.75) is 38.1 Å². The first-order valence-electron chi connectivity index (χ1n) is 8.74. The van der Waals surface area contributed by atoms with Gasteiger partial charge < -0.3 is 10.2 Å². The van der Waals surface area contributed by atoms with Crippen LogP contribution in [0.5, 0.6) is 0 Å². The van der Waals surface area contributed by atoms with Crippen LogP contribution in [0.25, 0.3) is 0 Å². The number of amides is 2. The molecule has 0 radical (unpaired) electrons. The minimum absolute atomic E-state index is 0.0209. The maximum Gasteiger partial charge on any atom is 0.317 e. The van der Waals surface area contributed by atoms with Gasteiger partial charge in [0.2, 0.25) is 0 Å². The average molecular weight is 319 g/mol. The number of hydrogen-bond acceptors (Lipinski definition) is 2. The molecule has 0 bridgehead atoms. The number of benzene rings is 1. The van der Waals surface area contributed by atoms with Crippen LogP contribution in [0.2, 0.25) is 0 Å². The first-order valence-corrected chi connectivity index (χ1v) is 8.74. The van der Waals surface area contributed by atoms with Crippen LogP contribution in [0.1, 0.15) is 31.2 Å². The minimum Gasteiger partial charge on any atom is -0.338 e. The second kappa shape index (κ2) is 7.77. The van der Waals surface area contributed by atoms with Crippen molar-refractivity contribution in [2.24, 2.45) is 0 Å². The summed E-state index contributed by atoms with van der Waals surface area (Å²) in [7, 11) is 0. The SMILES string of the molecule is O=C(NCCc1ccccc1F)N1CCN(C2CCCC2)CC1. The van der Waals surface area contributed by atoms with Crippen LogP contribution in [0.15, 0.2) is 24.3 Å². The van der Waals surface area contributed by atoms with Gasteiger partial charge >= 0.3 is 6.03 Å². The molecule has 0 atom stereocenters. The summed E-state index contributed by atoms with van der Waals surface area (Å²) >= 11 is 0. The lowest BCUT2D eigenvalue weighted by atomic mass is 10.1. The molecule has 23 heavy (non-hydrogen) atoms. The highest BCUT2D eigenvalue weighted by Crippen LogP contribution is 2.24. The molecule has 2 amide bonds. The quantitative estimate of drug-likeness (QED) is 0.926. The lowest BCUT2D eigenvalue weighted by Gasteiger charge is -2.38. The normalized spacial score (nSPS) is 20.0. The number of rotatable bonds is 4. The number of halogens is 1. The molecule has 1 aliphatic heterocycles. The number of nitrogens with zero attached hydrogens (tertiary/aromatic N) is 2. The molecule has 1 aliphatic carbocycles. The number of piperazine rings is 1. The minimum atomic E-state index is -0.202. The van der Waals surface area contributed by atoms with Gasteiger partial charge in [0.25, 0.3) is 0 Å². The first kappa shape index (κ1) is 16.2. The van der Waals surface area contributed by atoms with E-state index in [1.807, 2.05) is 11.0 Å². The molecule has 1 aromatic carbocycles. The monoisotopic (exact) mass is 319 g/mol. The maximum atomic E-state index is 13.5. The van der Waals surface area contributed by atoms with Crippen molar-refractivity contribution >= 4 is 6.03 Å². The lowest BCUT2D eigenvalue weighted by molar-refractivity contribution is 0.110. The molecule has 0 spiro atoms. The fourth-order valence-electron chi connectivity index (χ4n) is 3.68. The molecule has 5 heteroatoms. The van der Waals surface area contributed by atoms with Crippen LogP contribution in [0.3, 0.4) is 0 Å². The van der Waals surface area contributed by atoms with Gasteiger partial charge in [0, 0.05) is 38.8 Å². The van der Waals surface area contributed by atoms with Gasteiger partial charge in [0.05, 0.1) is 0 Å². The van der Waals surface area contributed by atoms with Crippen LogP contribution < -0.4 is 5.32 Å². The molecule has 126 valence electrons. The molecule has 0 aromatic heterocycles. The van der Waals surface area contributed by atoms with Crippen molar-refractivity contribution in [1.82, 2.24) is 15.1 Å². The van der Waals surface area contributed by atoms with E-state index in [2.05, 4.69) is 10.2 Å². The highest BCUT2D eigenvalue weighted by atomic mass is 19.1. The molecule has 3 rings (SSSR count). The summed E-state index contributed by atoms with van der Waals surface area (Å²) in [5, 5.41) is 2.91. The zero-order valence-corrected chi connectivity index (χ0v) is 13.6. The Morgan fingerprint density at radius 3 is 2.52 bits per heavy atom. The fourth-order valence-corrected chi connectivity index (χ4v) is 3.68. The Morgan fingerprint density at radius 1 is 1.13 bits per heavy atom. The van der Waals surface area contributed by atoms with Crippen LogP contribution in [0, 0.1) is 5.82 Å². The van der Waals surface area contributed by atoms with Gasteiger partial charge in [-0.05, 0) is 30.9 Å². The van der Waals surface area contributed by atoms with E-state index in [0.717, 1.165) is 32.2 Å². The highest BCUT2D eigenvalue weighted by molar-refractivity contribution is 5.74. The average Bonchev–Trinajstić information content (AvgIpc) is 3.11. The molecule has 2 aliphatic rings. The predicted molar refractivity (Wildman–Crippen MR) is 88.9 cm³/mol. The summed E-state index contributed by atoms with van der Waals surface area (Å²) in [5.41, 5.74) is 0.652. The number of carbonyl (C=O) groups excluding carboxylic acids is 1. The first-order chi connectivity index (χ1) is 11.2. The molecule has 4 nitrogen and oxygen atoms in total. The molecule has 0 unspecified atom stereocenters. The predicted octanol–water partition coefficient (Wildman–Crippen LogP) is 2.64. The smallest absolute Gasteiger partial charge is 0.317 e. The van der Waals surface area contributed by atoms with E-state index in [-0.39, 0.29) is 11.8 Å². The van der Waals surface area contributed by atoms with Crippen molar-refractivity contribution in [1.29, 1.82) is 0 Å². The van der Waals surface area contributed by atoms with Crippen LogP contribution in [-0.2, 0) is 6.42 Å². The summed E-state index contributed by atoms with van der Waals surface area (Å²) in [6, 6.07) is 7.44. The highest BCUT2D eigenvalue weighted by Gasteiger charge is 2.27. The van der Waals surface area contributed by atoms with E-state index >= 15 is 0 Å². The van der Waals surface area contributed by atoms with E-state index in [4.69, 9.17) is 0 Å². The van der Waals surface area contributed by atoms with Gasteiger partial charge in [0.15, 0.2) is 0 Å². The van der Waals surface area contributed by atoms with E-state index < -0.39 is 0 Å². The van der Waals surface area contributed by atoms with Gasteiger partial charge in [-0.3, -0.25) is 4.90 Å². The molecular formula is C18H26FN3O. The van der Waals surface area contributed by atoms with Crippen molar-refractivity contribution in [3.8, 4) is 0 Å². The zero-order valence-electron chi connectivity index (χ0n) is 13.6. The Kier molecular flexibility index (Phi) is 5.49.